The lowest BCUT2D eigenvalue weighted by atomic mass is 9.92. The lowest BCUT2D eigenvalue weighted by Crippen LogP contribution is -2.32. The van der Waals surface area contributed by atoms with Crippen molar-refractivity contribution >= 4 is 17.4 Å². The predicted octanol–water partition coefficient (Wildman–Crippen LogP) is 4.60. The highest BCUT2D eigenvalue weighted by molar-refractivity contribution is 6.29. The number of alkyl halides is 2. The summed E-state index contributed by atoms with van der Waals surface area (Å²) in [5.41, 5.74) is 0.832. The lowest BCUT2D eigenvalue weighted by Gasteiger charge is -2.29. The van der Waals surface area contributed by atoms with Gasteiger partial charge in [0.25, 0.3) is 5.95 Å². The minimum absolute atomic E-state index is 0.0406. The first-order valence-electron chi connectivity index (χ1n) is 8.38. The quantitative estimate of drug-likeness (QED) is 0.803. The van der Waals surface area contributed by atoms with Crippen molar-refractivity contribution in [1.82, 2.24) is 19.7 Å². The summed E-state index contributed by atoms with van der Waals surface area (Å²) in [5, 5.41) is 7.98. The molecule has 0 bridgehead atoms. The van der Waals surface area contributed by atoms with Crippen LogP contribution in [0.25, 0.3) is 5.95 Å². The molecule has 5 nitrogen and oxygen atoms in total. The second kappa shape index (κ2) is 6.52. The molecule has 1 saturated carbocycles. The van der Waals surface area contributed by atoms with E-state index in [-0.39, 0.29) is 29.5 Å². The number of hydrogen-bond acceptors (Lipinski definition) is 4. The van der Waals surface area contributed by atoms with E-state index in [1.165, 1.54) is 0 Å². The van der Waals surface area contributed by atoms with E-state index < -0.39 is 5.92 Å². The molecular weight excluding hydrogens is 348 g/mol. The lowest BCUT2D eigenvalue weighted by molar-refractivity contribution is -0.0361. The van der Waals surface area contributed by atoms with Crippen molar-refractivity contribution in [3.05, 3.63) is 29.2 Å². The molecule has 2 aromatic heterocycles. The maximum absolute atomic E-state index is 13.3. The molecule has 0 radical (unpaired) electrons. The molecule has 0 atom stereocenters. The van der Waals surface area contributed by atoms with Gasteiger partial charge in [0.1, 0.15) is 11.0 Å². The molecule has 0 unspecified atom stereocenters. The van der Waals surface area contributed by atoms with Gasteiger partial charge >= 0.3 is 0 Å². The van der Waals surface area contributed by atoms with Crippen LogP contribution in [0.3, 0.4) is 0 Å². The first kappa shape index (κ1) is 18.0. The topological polar surface area (TPSA) is 55.6 Å². The summed E-state index contributed by atoms with van der Waals surface area (Å²) in [6.07, 6.45) is 2.38. The monoisotopic (exact) mass is 369 g/mol. The zero-order valence-corrected chi connectivity index (χ0v) is 15.3. The molecule has 25 heavy (non-hydrogen) atoms. The van der Waals surface area contributed by atoms with Gasteiger partial charge in [0.05, 0.1) is 5.69 Å². The van der Waals surface area contributed by atoms with E-state index in [1.807, 2.05) is 6.07 Å². The summed E-state index contributed by atoms with van der Waals surface area (Å²) in [7, 11) is 0. The molecule has 0 aromatic carbocycles. The Labute approximate surface area is 150 Å². The van der Waals surface area contributed by atoms with E-state index in [4.69, 9.17) is 11.6 Å². The van der Waals surface area contributed by atoms with Crippen LogP contribution in [0, 0.1) is 0 Å². The molecule has 1 N–H and O–H groups in total. The molecule has 0 spiro atoms. The first-order valence-corrected chi connectivity index (χ1v) is 8.76. The fourth-order valence-corrected chi connectivity index (χ4v) is 2.99. The van der Waals surface area contributed by atoms with Crippen LogP contribution < -0.4 is 5.32 Å². The number of rotatable bonds is 3. The molecular formula is C17H22ClF2N5. The molecule has 0 saturated heterocycles. The van der Waals surface area contributed by atoms with E-state index in [9.17, 15) is 8.78 Å². The van der Waals surface area contributed by atoms with Crippen LogP contribution in [0.15, 0.2) is 18.3 Å². The van der Waals surface area contributed by atoms with Crippen LogP contribution in [0.1, 0.15) is 52.1 Å². The van der Waals surface area contributed by atoms with E-state index in [0.29, 0.717) is 24.6 Å². The highest BCUT2D eigenvalue weighted by Crippen LogP contribution is 2.34. The molecule has 3 rings (SSSR count). The van der Waals surface area contributed by atoms with Crippen LogP contribution in [0.2, 0.25) is 5.15 Å². The number of hydrogen-bond donors (Lipinski definition) is 1. The third kappa shape index (κ3) is 4.45. The first-order chi connectivity index (χ1) is 11.6. The zero-order chi connectivity index (χ0) is 18.2. The number of nitrogens with one attached hydrogen (secondary N) is 1. The SMILES string of the molecule is CC(C)(C)c1ccn(-c2nc(Cl)cc(NC3CCC(F)(F)CC3)n2)n1. The largest absolute Gasteiger partial charge is 0.367 e. The fourth-order valence-electron chi connectivity index (χ4n) is 2.81. The van der Waals surface area contributed by atoms with Crippen molar-refractivity contribution in [2.24, 2.45) is 0 Å². The Morgan fingerprint density at radius 2 is 1.92 bits per heavy atom. The summed E-state index contributed by atoms with van der Waals surface area (Å²) in [4.78, 5) is 8.65. The summed E-state index contributed by atoms with van der Waals surface area (Å²) >= 11 is 6.11. The van der Waals surface area contributed by atoms with E-state index in [1.54, 1.807) is 16.9 Å². The highest BCUT2D eigenvalue weighted by atomic mass is 35.5. The van der Waals surface area contributed by atoms with Crippen molar-refractivity contribution in [3.63, 3.8) is 0 Å². The number of anilines is 1. The summed E-state index contributed by atoms with van der Waals surface area (Å²) < 4.78 is 28.1. The van der Waals surface area contributed by atoms with Crippen LogP contribution >= 0.6 is 11.6 Å². The van der Waals surface area contributed by atoms with E-state index in [0.717, 1.165) is 5.69 Å². The van der Waals surface area contributed by atoms with Gasteiger partial charge in [-0.05, 0) is 18.9 Å². The number of halogens is 3. The fraction of sp³-hybridized carbons (Fsp3) is 0.588. The van der Waals surface area contributed by atoms with Crippen molar-refractivity contribution in [1.29, 1.82) is 0 Å². The molecule has 0 aliphatic heterocycles. The van der Waals surface area contributed by atoms with Crippen LogP contribution in [-0.2, 0) is 5.41 Å². The van der Waals surface area contributed by atoms with Crippen LogP contribution in [0.4, 0.5) is 14.6 Å². The van der Waals surface area contributed by atoms with Crippen molar-refractivity contribution in [2.75, 3.05) is 5.32 Å². The average Bonchev–Trinajstić information content (AvgIpc) is 2.99. The van der Waals surface area contributed by atoms with E-state index in [2.05, 4.69) is 41.2 Å². The molecule has 8 heteroatoms. The normalized spacial score (nSPS) is 18.3. The number of nitrogens with zero attached hydrogens (tertiary/aromatic N) is 4. The predicted molar refractivity (Wildman–Crippen MR) is 93.7 cm³/mol. The summed E-state index contributed by atoms with van der Waals surface area (Å²) in [5.74, 6) is -1.67. The van der Waals surface area contributed by atoms with Crippen molar-refractivity contribution in [3.8, 4) is 5.95 Å². The molecule has 2 heterocycles. The van der Waals surface area contributed by atoms with Gasteiger partial charge in [0.2, 0.25) is 5.92 Å². The van der Waals surface area contributed by atoms with Gasteiger partial charge in [-0.2, -0.15) is 15.1 Å². The van der Waals surface area contributed by atoms with Gasteiger partial charge < -0.3 is 5.32 Å². The van der Waals surface area contributed by atoms with Crippen LogP contribution in [0.5, 0.6) is 0 Å². The van der Waals surface area contributed by atoms with Gasteiger partial charge in [-0.1, -0.05) is 32.4 Å². The highest BCUT2D eigenvalue weighted by Gasteiger charge is 2.35. The Morgan fingerprint density at radius 3 is 2.52 bits per heavy atom. The molecule has 136 valence electrons. The third-order valence-corrected chi connectivity index (χ3v) is 4.51. The Kier molecular flexibility index (Phi) is 4.70. The minimum atomic E-state index is -2.55. The molecule has 1 aliphatic rings. The molecule has 2 aromatic rings. The maximum Gasteiger partial charge on any atom is 0.253 e. The smallest absolute Gasteiger partial charge is 0.253 e. The van der Waals surface area contributed by atoms with Crippen LogP contribution in [-0.4, -0.2) is 31.7 Å². The maximum atomic E-state index is 13.3. The van der Waals surface area contributed by atoms with Gasteiger partial charge in [0.15, 0.2) is 0 Å². The molecule has 1 fully saturated rings. The summed E-state index contributed by atoms with van der Waals surface area (Å²) in [6.45, 7) is 6.22. The standard InChI is InChI=1S/C17H22ClF2N5/c1-16(2,3)12-6-9-25(24-12)15-22-13(18)10-14(23-15)21-11-4-7-17(19,20)8-5-11/h6,9-11H,4-5,7-8H2,1-3H3,(H,21,22,23). The van der Waals surface area contributed by atoms with Gasteiger partial charge in [0, 0.05) is 36.6 Å². The molecule has 1 aliphatic carbocycles. The van der Waals surface area contributed by atoms with Crippen molar-refractivity contribution in [2.45, 2.75) is 63.8 Å². The Morgan fingerprint density at radius 1 is 1.24 bits per heavy atom. The Hall–Kier alpha value is -1.76. The molecule has 0 amide bonds. The summed E-state index contributed by atoms with van der Waals surface area (Å²) in [6, 6.07) is 3.48. The second-order valence-electron chi connectivity index (χ2n) is 7.55. The van der Waals surface area contributed by atoms with E-state index >= 15 is 0 Å². The minimum Gasteiger partial charge on any atom is -0.367 e. The second-order valence-corrected chi connectivity index (χ2v) is 7.93. The van der Waals surface area contributed by atoms with Gasteiger partial charge in [-0.15, -0.1) is 0 Å². The third-order valence-electron chi connectivity index (χ3n) is 4.31. The Balaban J connectivity index is 1.78. The Bertz CT molecular complexity index is 744. The van der Waals surface area contributed by atoms with Crippen molar-refractivity contribution < 1.29 is 8.78 Å². The average molecular weight is 370 g/mol. The van der Waals surface area contributed by atoms with Gasteiger partial charge in [-0.3, -0.25) is 0 Å². The number of aromatic nitrogens is 4. The zero-order valence-electron chi connectivity index (χ0n) is 14.6. The van der Waals surface area contributed by atoms with Gasteiger partial charge in [-0.25, -0.2) is 13.5 Å².